The van der Waals surface area contributed by atoms with Gasteiger partial charge in [0.25, 0.3) is 0 Å². The topological polar surface area (TPSA) is 92.5 Å². The summed E-state index contributed by atoms with van der Waals surface area (Å²) in [7, 11) is -1.62. The molecule has 8 nitrogen and oxygen atoms in total. The molecule has 2 atom stereocenters. The van der Waals surface area contributed by atoms with Gasteiger partial charge in [-0.15, -0.1) is 11.3 Å². The first kappa shape index (κ1) is 23.4. The summed E-state index contributed by atoms with van der Waals surface area (Å²) in [6.07, 6.45) is 5.24. The molecule has 1 saturated heterocycles. The molecule has 2 fully saturated rings. The summed E-state index contributed by atoms with van der Waals surface area (Å²) < 4.78 is 58.4. The van der Waals surface area contributed by atoms with Crippen LogP contribution in [0.2, 0.25) is 0 Å². The molecule has 3 aromatic rings. The number of nitrogens with one attached hydrogen (secondary N) is 1. The number of sulfonamides is 1. The lowest BCUT2D eigenvalue weighted by Crippen LogP contribution is -2.42. The third-order valence-electron chi connectivity index (χ3n) is 6.90. The third-order valence-corrected chi connectivity index (χ3v) is 9.68. The van der Waals surface area contributed by atoms with Gasteiger partial charge < -0.3 is 4.90 Å². The minimum atomic E-state index is -3.42. The first-order chi connectivity index (χ1) is 17.2. The highest BCUT2D eigenvalue weighted by molar-refractivity contribution is 7.90. The molecule has 0 amide bonds. The van der Waals surface area contributed by atoms with Gasteiger partial charge in [0.2, 0.25) is 10.0 Å². The number of fused-ring (bicyclic) bond motifs is 1. The van der Waals surface area contributed by atoms with Crippen LogP contribution in [0, 0.1) is 11.6 Å². The average Bonchev–Trinajstić information content (AvgIpc) is 3.20. The van der Waals surface area contributed by atoms with E-state index in [1.54, 1.807) is 24.1 Å². The quantitative estimate of drug-likeness (QED) is 0.528. The molecule has 1 unspecified atom stereocenters. The second kappa shape index (κ2) is 8.29. The lowest BCUT2D eigenvalue weighted by molar-refractivity contribution is 0.489. The number of aliphatic imine (C=N–C) groups is 1. The predicted molar refractivity (Wildman–Crippen MR) is 133 cm³/mol. The lowest BCUT2D eigenvalue weighted by Gasteiger charge is -2.38. The molecular weight excluding hydrogens is 506 g/mol. The molecule has 1 N–H and O–H groups in total. The van der Waals surface area contributed by atoms with Gasteiger partial charge in [0.1, 0.15) is 5.54 Å². The van der Waals surface area contributed by atoms with E-state index in [1.165, 1.54) is 23.5 Å². The molecule has 0 bridgehead atoms. The van der Waals surface area contributed by atoms with Crippen LogP contribution in [-0.2, 0) is 22.6 Å². The van der Waals surface area contributed by atoms with Crippen LogP contribution >= 0.6 is 11.3 Å². The van der Waals surface area contributed by atoms with Crippen molar-refractivity contribution in [2.45, 2.75) is 43.0 Å². The van der Waals surface area contributed by atoms with E-state index in [9.17, 15) is 17.2 Å². The van der Waals surface area contributed by atoms with Crippen LogP contribution in [-0.4, -0.2) is 51.8 Å². The van der Waals surface area contributed by atoms with Crippen LogP contribution in [0.5, 0.6) is 0 Å². The smallest absolute Gasteiger partial charge is 0.214 e. The zero-order chi connectivity index (χ0) is 25.2. The Kier molecular flexibility index (Phi) is 5.39. The SMILES string of the molecule is Cn1ccc(C2=C3CC(NS(=O)(=O)C4CC4)CN3C(c3nccs3)=N[C@@]2(C)c2ccc(F)c(F)c2)n1. The first-order valence-electron chi connectivity index (χ1n) is 11.6. The Morgan fingerprint density at radius 3 is 2.64 bits per heavy atom. The summed E-state index contributed by atoms with van der Waals surface area (Å²) in [4.78, 5) is 11.6. The average molecular weight is 531 g/mol. The summed E-state index contributed by atoms with van der Waals surface area (Å²) in [6.45, 7) is 2.23. The number of aromatic nitrogens is 3. The van der Waals surface area contributed by atoms with E-state index in [1.807, 2.05) is 23.3 Å². The number of hydrogen-bond donors (Lipinski definition) is 1. The summed E-state index contributed by atoms with van der Waals surface area (Å²) in [5, 5.41) is 6.79. The number of halogens is 2. The fourth-order valence-corrected chi connectivity index (χ4v) is 7.24. The standard InChI is InChI=1S/C24H24F2N6O2S2/c1-24(14-3-6-17(25)18(26)11-14)21(19-7-9-31(2)29-19)20-12-15(30-36(33,34)16-4-5-16)13-32(20)22(28-24)23-27-8-10-35-23/h3,6-11,15-16,30H,4-5,12-13H2,1-2H3/t15?,24-/m0/s1. The monoisotopic (exact) mass is 530 g/mol. The van der Waals surface area contributed by atoms with E-state index in [0.717, 1.165) is 17.3 Å². The van der Waals surface area contributed by atoms with Crippen molar-refractivity contribution in [2.24, 2.45) is 12.0 Å². The van der Waals surface area contributed by atoms with Crippen molar-refractivity contribution in [2.75, 3.05) is 6.54 Å². The van der Waals surface area contributed by atoms with Crippen molar-refractivity contribution in [3.05, 3.63) is 75.6 Å². The molecule has 1 aliphatic carbocycles. The molecule has 0 radical (unpaired) electrons. The Balaban J connectivity index is 1.55. The zero-order valence-electron chi connectivity index (χ0n) is 19.6. The molecule has 2 aliphatic heterocycles. The van der Waals surface area contributed by atoms with Crippen molar-refractivity contribution in [1.29, 1.82) is 0 Å². The van der Waals surface area contributed by atoms with E-state index in [4.69, 9.17) is 4.99 Å². The van der Waals surface area contributed by atoms with Gasteiger partial charge in [-0.2, -0.15) is 5.10 Å². The first-order valence-corrected chi connectivity index (χ1v) is 14.1. The number of thiazole rings is 1. The van der Waals surface area contributed by atoms with E-state index in [2.05, 4.69) is 14.8 Å². The van der Waals surface area contributed by atoms with Crippen molar-refractivity contribution in [1.82, 2.24) is 24.4 Å². The minimum absolute atomic E-state index is 0.334. The Labute approximate surface area is 211 Å². The van der Waals surface area contributed by atoms with Gasteiger partial charge in [0.05, 0.1) is 10.9 Å². The second-order valence-electron chi connectivity index (χ2n) is 9.54. The van der Waals surface area contributed by atoms with E-state index in [-0.39, 0.29) is 11.3 Å². The van der Waals surface area contributed by atoms with Gasteiger partial charge in [-0.25, -0.2) is 31.9 Å². The van der Waals surface area contributed by atoms with Gasteiger partial charge in [-0.3, -0.25) is 4.68 Å². The lowest BCUT2D eigenvalue weighted by atomic mass is 9.80. The van der Waals surface area contributed by atoms with Crippen LogP contribution in [0.15, 0.2) is 52.7 Å². The second-order valence-corrected chi connectivity index (χ2v) is 12.4. The summed E-state index contributed by atoms with van der Waals surface area (Å²) >= 11 is 1.41. The summed E-state index contributed by atoms with van der Waals surface area (Å²) in [5.74, 6) is -1.33. The van der Waals surface area contributed by atoms with Crippen molar-refractivity contribution in [3.63, 3.8) is 0 Å². The number of hydrogen-bond acceptors (Lipinski definition) is 7. The fourth-order valence-electron chi connectivity index (χ4n) is 5.04. The Morgan fingerprint density at radius 2 is 2.00 bits per heavy atom. The Bertz CT molecular complexity index is 1510. The highest BCUT2D eigenvalue weighted by Gasteiger charge is 2.47. The molecule has 1 aromatic carbocycles. The highest BCUT2D eigenvalue weighted by Crippen LogP contribution is 2.48. The van der Waals surface area contributed by atoms with E-state index in [0.29, 0.717) is 47.9 Å². The van der Waals surface area contributed by atoms with Gasteiger partial charge >= 0.3 is 0 Å². The van der Waals surface area contributed by atoms with Gasteiger partial charge in [-0.1, -0.05) is 6.07 Å². The van der Waals surface area contributed by atoms with Crippen molar-refractivity contribution in [3.8, 4) is 0 Å². The number of benzene rings is 1. The maximum absolute atomic E-state index is 14.4. The Hall–Kier alpha value is -2.96. The molecule has 36 heavy (non-hydrogen) atoms. The van der Waals surface area contributed by atoms with Crippen molar-refractivity contribution < 1.29 is 17.2 Å². The predicted octanol–water partition coefficient (Wildman–Crippen LogP) is 3.40. The number of aryl methyl sites for hydroxylation is 1. The zero-order valence-corrected chi connectivity index (χ0v) is 21.3. The van der Waals surface area contributed by atoms with Gasteiger partial charge in [0, 0.05) is 55.1 Å². The van der Waals surface area contributed by atoms with Crippen LogP contribution in [0.3, 0.4) is 0 Å². The van der Waals surface area contributed by atoms with E-state index < -0.39 is 27.2 Å². The van der Waals surface area contributed by atoms with Gasteiger partial charge in [0.15, 0.2) is 22.5 Å². The molecule has 3 aliphatic rings. The molecular formula is C24H24F2N6O2S2. The molecule has 4 heterocycles. The molecule has 12 heteroatoms. The maximum Gasteiger partial charge on any atom is 0.214 e. The van der Waals surface area contributed by atoms with Crippen LogP contribution in [0.25, 0.3) is 5.57 Å². The largest absolute Gasteiger partial charge is 0.326 e. The molecule has 0 spiro atoms. The fraction of sp³-hybridized carbons (Fsp3) is 0.375. The van der Waals surface area contributed by atoms with Crippen molar-refractivity contribution >= 4 is 32.8 Å². The van der Waals surface area contributed by atoms with Crippen LogP contribution < -0.4 is 4.72 Å². The van der Waals surface area contributed by atoms with E-state index >= 15 is 0 Å². The third kappa shape index (κ3) is 3.87. The number of nitrogens with zero attached hydrogens (tertiary/aromatic N) is 5. The summed E-state index contributed by atoms with van der Waals surface area (Å²) in [6, 6.07) is 5.27. The minimum Gasteiger partial charge on any atom is -0.326 e. The Morgan fingerprint density at radius 1 is 1.19 bits per heavy atom. The number of rotatable bonds is 6. The van der Waals surface area contributed by atoms with Gasteiger partial charge in [-0.05, 0) is 43.5 Å². The molecule has 188 valence electrons. The van der Waals surface area contributed by atoms with Crippen LogP contribution in [0.1, 0.15) is 42.5 Å². The molecule has 2 aromatic heterocycles. The highest BCUT2D eigenvalue weighted by atomic mass is 32.2. The normalized spacial score (nSPS) is 24.3. The summed E-state index contributed by atoms with van der Waals surface area (Å²) in [5.41, 5.74) is 1.54. The maximum atomic E-state index is 14.4. The number of amidine groups is 1. The molecule has 1 saturated carbocycles. The molecule has 6 rings (SSSR count). The van der Waals surface area contributed by atoms with Crippen LogP contribution in [0.4, 0.5) is 8.78 Å².